The third-order valence-corrected chi connectivity index (χ3v) is 0.496. The SMILES string of the molecule is NC(=O)S.c1cc[nH]c1. The molecule has 50 valence electrons. The molecule has 0 atom stereocenters. The fourth-order valence-corrected chi connectivity index (χ4v) is 0.278. The van der Waals surface area contributed by atoms with E-state index in [0.29, 0.717) is 0 Å². The van der Waals surface area contributed by atoms with Gasteiger partial charge in [0.05, 0.1) is 0 Å². The largest absolute Gasteiger partial charge is 0.368 e. The number of carbonyl (C=O) groups excluding carboxylic acids is 1. The first-order chi connectivity index (χ1) is 4.23. The van der Waals surface area contributed by atoms with E-state index in [2.05, 4.69) is 23.3 Å². The molecule has 1 rings (SSSR count). The maximum atomic E-state index is 9.09. The van der Waals surface area contributed by atoms with Crippen molar-refractivity contribution in [2.45, 2.75) is 0 Å². The van der Waals surface area contributed by atoms with Gasteiger partial charge in [-0.1, -0.05) is 12.6 Å². The Morgan fingerprint density at radius 3 is 1.89 bits per heavy atom. The van der Waals surface area contributed by atoms with Crippen molar-refractivity contribution in [2.24, 2.45) is 5.73 Å². The number of hydrogen-bond acceptors (Lipinski definition) is 1. The molecule has 1 aromatic rings. The monoisotopic (exact) mass is 144 g/mol. The van der Waals surface area contributed by atoms with Gasteiger partial charge in [-0.15, -0.1) is 0 Å². The molecule has 1 aromatic heterocycles. The van der Waals surface area contributed by atoms with Crippen LogP contribution >= 0.6 is 12.6 Å². The molecule has 0 fully saturated rings. The van der Waals surface area contributed by atoms with Crippen molar-refractivity contribution in [2.75, 3.05) is 0 Å². The number of thiol groups is 1. The molecule has 3 nitrogen and oxygen atoms in total. The summed E-state index contributed by atoms with van der Waals surface area (Å²) in [6.07, 6.45) is 3.75. The van der Waals surface area contributed by atoms with Crippen LogP contribution in [0.5, 0.6) is 0 Å². The Hall–Kier alpha value is -0.900. The number of aromatic amines is 1. The molecule has 0 spiro atoms. The van der Waals surface area contributed by atoms with Crippen LogP contribution in [0.25, 0.3) is 0 Å². The van der Waals surface area contributed by atoms with Crippen molar-refractivity contribution in [1.82, 2.24) is 4.98 Å². The molecule has 0 aromatic carbocycles. The Morgan fingerprint density at radius 2 is 1.78 bits per heavy atom. The predicted molar refractivity (Wildman–Crippen MR) is 39.4 cm³/mol. The van der Waals surface area contributed by atoms with E-state index < -0.39 is 5.24 Å². The highest BCUT2D eigenvalue weighted by atomic mass is 32.1. The Balaban J connectivity index is 0.000000148. The minimum absolute atomic E-state index is 0.639. The number of hydrogen-bond donors (Lipinski definition) is 3. The molecular formula is C5H8N2OS. The molecule has 9 heavy (non-hydrogen) atoms. The first-order valence-corrected chi connectivity index (χ1v) is 2.74. The highest BCUT2D eigenvalue weighted by molar-refractivity contribution is 7.96. The zero-order valence-electron chi connectivity index (χ0n) is 4.74. The number of primary amides is 1. The van der Waals surface area contributed by atoms with Gasteiger partial charge < -0.3 is 10.7 Å². The second-order valence-electron chi connectivity index (χ2n) is 1.22. The molecule has 0 saturated carbocycles. The van der Waals surface area contributed by atoms with Gasteiger partial charge >= 0.3 is 0 Å². The van der Waals surface area contributed by atoms with E-state index in [4.69, 9.17) is 4.79 Å². The first kappa shape index (κ1) is 8.10. The number of carbonyl (C=O) groups is 1. The molecule has 0 unspecified atom stereocenters. The summed E-state index contributed by atoms with van der Waals surface area (Å²) >= 11 is 3.10. The Kier molecular flexibility index (Phi) is 4.72. The second kappa shape index (κ2) is 5.24. The lowest BCUT2D eigenvalue weighted by Gasteiger charge is -1.58. The van der Waals surface area contributed by atoms with Gasteiger partial charge in [0.15, 0.2) is 0 Å². The van der Waals surface area contributed by atoms with Crippen LogP contribution in [0.15, 0.2) is 24.5 Å². The van der Waals surface area contributed by atoms with Crippen LogP contribution in [0.1, 0.15) is 0 Å². The summed E-state index contributed by atoms with van der Waals surface area (Å²) in [4.78, 5) is 11.9. The zero-order valence-corrected chi connectivity index (χ0v) is 5.64. The van der Waals surface area contributed by atoms with Crippen LogP contribution in [0.4, 0.5) is 4.79 Å². The molecule has 4 heteroatoms. The molecule has 0 radical (unpaired) electrons. The minimum Gasteiger partial charge on any atom is -0.368 e. The van der Waals surface area contributed by atoms with Crippen LogP contribution in [0.3, 0.4) is 0 Å². The summed E-state index contributed by atoms with van der Waals surface area (Å²) in [5, 5.41) is -0.639. The molecule has 1 amide bonds. The highest BCUT2D eigenvalue weighted by Crippen LogP contribution is 1.72. The fraction of sp³-hybridized carbons (Fsp3) is 0. The van der Waals surface area contributed by atoms with Gasteiger partial charge in [-0.05, 0) is 12.1 Å². The van der Waals surface area contributed by atoms with E-state index in [1.54, 1.807) is 0 Å². The number of aromatic nitrogens is 1. The van der Waals surface area contributed by atoms with Gasteiger partial charge in [0.25, 0.3) is 5.24 Å². The summed E-state index contributed by atoms with van der Waals surface area (Å²) < 4.78 is 0. The topological polar surface area (TPSA) is 58.9 Å². The van der Waals surface area contributed by atoms with Crippen LogP contribution in [-0.2, 0) is 0 Å². The molecule has 0 aliphatic carbocycles. The molecular weight excluding hydrogens is 136 g/mol. The van der Waals surface area contributed by atoms with E-state index in [0.717, 1.165) is 0 Å². The standard InChI is InChI=1S/C4H5N.CH3NOS/c1-2-4-5-3-1;2-1(3)4/h1-5H;(H3,2,3,4). The zero-order chi connectivity index (χ0) is 7.11. The summed E-state index contributed by atoms with van der Waals surface area (Å²) in [5.74, 6) is 0. The van der Waals surface area contributed by atoms with Gasteiger partial charge in [-0.3, -0.25) is 4.79 Å². The maximum absolute atomic E-state index is 9.09. The molecule has 0 saturated heterocycles. The second-order valence-corrected chi connectivity index (χ2v) is 1.66. The van der Waals surface area contributed by atoms with Gasteiger partial charge in [0.1, 0.15) is 0 Å². The van der Waals surface area contributed by atoms with Crippen molar-refractivity contribution in [3.05, 3.63) is 24.5 Å². The average molecular weight is 144 g/mol. The lowest BCUT2D eigenvalue weighted by atomic mass is 10.7. The van der Waals surface area contributed by atoms with E-state index in [-0.39, 0.29) is 0 Å². The molecule has 0 aliphatic heterocycles. The fourth-order valence-electron chi connectivity index (χ4n) is 0.278. The van der Waals surface area contributed by atoms with E-state index in [1.165, 1.54) is 0 Å². The number of nitrogens with two attached hydrogens (primary N) is 1. The van der Waals surface area contributed by atoms with Gasteiger partial charge in [-0.2, -0.15) is 0 Å². The lowest BCUT2D eigenvalue weighted by Crippen LogP contribution is -1.95. The van der Waals surface area contributed by atoms with Crippen molar-refractivity contribution >= 4 is 17.9 Å². The van der Waals surface area contributed by atoms with Gasteiger partial charge in [-0.25, -0.2) is 0 Å². The Bertz CT molecular complexity index is 129. The number of rotatable bonds is 0. The van der Waals surface area contributed by atoms with Crippen LogP contribution in [0, 0.1) is 0 Å². The summed E-state index contributed by atoms with van der Waals surface area (Å²) in [6.45, 7) is 0. The average Bonchev–Trinajstić information content (AvgIpc) is 2.11. The van der Waals surface area contributed by atoms with Crippen LogP contribution in [0.2, 0.25) is 0 Å². The maximum Gasteiger partial charge on any atom is 0.273 e. The molecule has 3 N–H and O–H groups in total. The van der Waals surface area contributed by atoms with E-state index >= 15 is 0 Å². The summed E-state index contributed by atoms with van der Waals surface area (Å²) in [5.41, 5.74) is 4.34. The van der Waals surface area contributed by atoms with Gasteiger partial charge in [0.2, 0.25) is 0 Å². The van der Waals surface area contributed by atoms with Crippen molar-refractivity contribution in [1.29, 1.82) is 0 Å². The van der Waals surface area contributed by atoms with E-state index in [9.17, 15) is 0 Å². The van der Waals surface area contributed by atoms with E-state index in [1.807, 2.05) is 24.5 Å². The third kappa shape index (κ3) is 11.0. The number of nitrogens with one attached hydrogen (secondary N) is 1. The first-order valence-electron chi connectivity index (χ1n) is 2.29. The molecule has 0 bridgehead atoms. The van der Waals surface area contributed by atoms with Crippen LogP contribution < -0.4 is 5.73 Å². The number of H-pyrrole nitrogens is 1. The van der Waals surface area contributed by atoms with Crippen molar-refractivity contribution in [3.8, 4) is 0 Å². The van der Waals surface area contributed by atoms with Crippen molar-refractivity contribution in [3.63, 3.8) is 0 Å². The normalized spacial score (nSPS) is 7.22. The quantitative estimate of drug-likeness (QED) is 0.467. The molecule has 0 aliphatic rings. The Morgan fingerprint density at radius 1 is 1.44 bits per heavy atom. The summed E-state index contributed by atoms with van der Waals surface area (Å²) in [6, 6.07) is 3.89. The summed E-state index contributed by atoms with van der Waals surface area (Å²) in [7, 11) is 0. The Labute approximate surface area is 58.7 Å². The third-order valence-electron chi connectivity index (χ3n) is 0.496. The molecule has 1 heterocycles. The lowest BCUT2D eigenvalue weighted by molar-refractivity contribution is 0.267. The van der Waals surface area contributed by atoms with Gasteiger partial charge in [0, 0.05) is 12.4 Å². The smallest absolute Gasteiger partial charge is 0.273 e. The predicted octanol–water partition coefficient (Wildman–Crippen LogP) is 1.01. The highest BCUT2D eigenvalue weighted by Gasteiger charge is 1.63. The minimum atomic E-state index is -0.639. The van der Waals surface area contributed by atoms with Crippen LogP contribution in [-0.4, -0.2) is 10.2 Å². The number of amides is 1. The van der Waals surface area contributed by atoms with Crippen molar-refractivity contribution < 1.29 is 4.79 Å².